The Morgan fingerprint density at radius 2 is 2.00 bits per heavy atom. The van der Waals surface area contributed by atoms with E-state index in [4.69, 9.17) is 4.42 Å². The number of thioether (sulfide) groups is 1. The van der Waals surface area contributed by atoms with Gasteiger partial charge in [0.2, 0.25) is 11.8 Å². The summed E-state index contributed by atoms with van der Waals surface area (Å²) >= 11 is 1.28. The number of amides is 1. The van der Waals surface area contributed by atoms with Crippen LogP contribution in [-0.4, -0.2) is 62.8 Å². The van der Waals surface area contributed by atoms with Gasteiger partial charge in [-0.15, -0.1) is 10.2 Å². The molecule has 8 heteroatoms. The van der Waals surface area contributed by atoms with Crippen molar-refractivity contribution in [2.75, 3.05) is 31.9 Å². The Labute approximate surface area is 174 Å². The maximum Gasteiger partial charge on any atom is 0.277 e. The van der Waals surface area contributed by atoms with Crippen LogP contribution in [0.1, 0.15) is 11.1 Å². The number of nitrogens with zero attached hydrogens (tertiary/aromatic N) is 5. The van der Waals surface area contributed by atoms with Crippen LogP contribution in [0.4, 0.5) is 0 Å². The maximum atomic E-state index is 12.5. The van der Waals surface area contributed by atoms with E-state index in [0.29, 0.717) is 16.9 Å². The molecule has 0 aliphatic carbocycles. The Bertz CT molecular complexity index is 954. The summed E-state index contributed by atoms with van der Waals surface area (Å²) in [6, 6.07) is 12.3. The standard InChI is InChI=1S/C21H23N5O2S/c1-16-4-2-5-17(12-16)14-25-8-10-26(11-9-25)19(27)15-29-21-24-23-20(28-21)18-6-3-7-22-13-18/h2-7,12-13H,8-11,14-15H2,1H3. The van der Waals surface area contributed by atoms with Crippen molar-refractivity contribution in [1.29, 1.82) is 0 Å². The third-order valence-electron chi connectivity index (χ3n) is 4.85. The molecule has 3 aromatic rings. The van der Waals surface area contributed by atoms with Crippen LogP contribution in [0.2, 0.25) is 0 Å². The highest BCUT2D eigenvalue weighted by Gasteiger charge is 2.22. The minimum atomic E-state index is 0.103. The molecular weight excluding hydrogens is 386 g/mol. The van der Waals surface area contributed by atoms with E-state index in [1.165, 1.54) is 22.9 Å². The molecule has 2 aromatic heterocycles. The molecular formula is C21H23N5O2S. The molecule has 3 heterocycles. The van der Waals surface area contributed by atoms with Gasteiger partial charge in [-0.05, 0) is 24.6 Å². The maximum absolute atomic E-state index is 12.5. The largest absolute Gasteiger partial charge is 0.411 e. The van der Waals surface area contributed by atoms with Crippen LogP contribution in [0.25, 0.3) is 11.5 Å². The molecule has 1 amide bonds. The molecule has 150 valence electrons. The first-order valence-corrected chi connectivity index (χ1v) is 10.6. The first-order valence-electron chi connectivity index (χ1n) is 9.60. The summed E-state index contributed by atoms with van der Waals surface area (Å²) in [6.45, 7) is 6.30. The Morgan fingerprint density at radius 3 is 2.76 bits per heavy atom. The summed E-state index contributed by atoms with van der Waals surface area (Å²) in [5.41, 5.74) is 3.37. The smallest absolute Gasteiger partial charge is 0.277 e. The second-order valence-electron chi connectivity index (χ2n) is 7.05. The third-order valence-corrected chi connectivity index (χ3v) is 5.65. The number of piperazine rings is 1. The molecule has 1 fully saturated rings. The number of rotatable bonds is 6. The van der Waals surface area contributed by atoms with Crippen molar-refractivity contribution in [2.45, 2.75) is 18.7 Å². The Hall–Kier alpha value is -2.71. The molecule has 0 atom stereocenters. The monoisotopic (exact) mass is 409 g/mol. The Kier molecular flexibility index (Phi) is 6.21. The molecule has 0 bridgehead atoms. The number of aromatic nitrogens is 3. The highest BCUT2D eigenvalue weighted by atomic mass is 32.2. The lowest BCUT2D eigenvalue weighted by atomic mass is 10.1. The van der Waals surface area contributed by atoms with Gasteiger partial charge in [0.25, 0.3) is 5.22 Å². The van der Waals surface area contributed by atoms with Crippen LogP contribution < -0.4 is 0 Å². The van der Waals surface area contributed by atoms with Crippen molar-refractivity contribution in [2.24, 2.45) is 0 Å². The topological polar surface area (TPSA) is 75.4 Å². The van der Waals surface area contributed by atoms with Gasteiger partial charge >= 0.3 is 0 Å². The molecule has 1 aromatic carbocycles. The number of carbonyl (C=O) groups excluding carboxylic acids is 1. The molecule has 1 aliphatic rings. The van der Waals surface area contributed by atoms with Gasteiger partial charge in [-0.2, -0.15) is 0 Å². The van der Waals surface area contributed by atoms with Crippen LogP contribution in [0, 0.1) is 6.92 Å². The molecule has 7 nitrogen and oxygen atoms in total. The summed E-state index contributed by atoms with van der Waals surface area (Å²) in [7, 11) is 0. The first kappa shape index (κ1) is 19.6. The number of hydrogen-bond donors (Lipinski definition) is 0. The van der Waals surface area contributed by atoms with Crippen molar-refractivity contribution < 1.29 is 9.21 Å². The fraction of sp³-hybridized carbons (Fsp3) is 0.333. The van der Waals surface area contributed by atoms with Gasteiger partial charge in [-0.25, -0.2) is 0 Å². The summed E-state index contributed by atoms with van der Waals surface area (Å²) in [4.78, 5) is 20.9. The van der Waals surface area contributed by atoms with E-state index in [9.17, 15) is 4.79 Å². The zero-order valence-corrected chi connectivity index (χ0v) is 17.1. The predicted octanol–water partition coefficient (Wildman–Crippen LogP) is 2.88. The number of pyridine rings is 1. The minimum Gasteiger partial charge on any atom is -0.411 e. The van der Waals surface area contributed by atoms with Gasteiger partial charge in [0.1, 0.15) is 0 Å². The second kappa shape index (κ2) is 9.19. The molecule has 0 radical (unpaired) electrons. The van der Waals surface area contributed by atoms with Gasteiger partial charge < -0.3 is 9.32 Å². The van der Waals surface area contributed by atoms with Crippen LogP contribution in [0.5, 0.6) is 0 Å². The van der Waals surface area contributed by atoms with E-state index in [2.05, 4.69) is 51.3 Å². The predicted molar refractivity (Wildman–Crippen MR) is 111 cm³/mol. The molecule has 0 unspecified atom stereocenters. The van der Waals surface area contributed by atoms with Crippen molar-refractivity contribution in [3.05, 3.63) is 59.9 Å². The van der Waals surface area contributed by atoms with Gasteiger partial charge in [-0.1, -0.05) is 41.6 Å². The highest BCUT2D eigenvalue weighted by molar-refractivity contribution is 7.99. The van der Waals surface area contributed by atoms with E-state index < -0.39 is 0 Å². The van der Waals surface area contributed by atoms with E-state index >= 15 is 0 Å². The zero-order valence-electron chi connectivity index (χ0n) is 16.3. The summed E-state index contributed by atoms with van der Waals surface area (Å²) in [5.74, 6) is 0.816. The van der Waals surface area contributed by atoms with Crippen molar-refractivity contribution in [3.8, 4) is 11.5 Å². The van der Waals surface area contributed by atoms with Gasteiger partial charge in [0.15, 0.2) is 0 Å². The number of carbonyl (C=O) groups is 1. The number of hydrogen-bond acceptors (Lipinski definition) is 7. The molecule has 1 aliphatic heterocycles. The lowest BCUT2D eigenvalue weighted by molar-refractivity contribution is -0.130. The number of aryl methyl sites for hydroxylation is 1. The van der Waals surface area contributed by atoms with Crippen LogP contribution in [0.15, 0.2) is 58.4 Å². The SMILES string of the molecule is Cc1cccc(CN2CCN(C(=O)CSc3nnc(-c4cccnc4)o3)CC2)c1. The average Bonchev–Trinajstić information content (AvgIpc) is 3.22. The molecule has 1 saturated heterocycles. The van der Waals surface area contributed by atoms with Crippen LogP contribution >= 0.6 is 11.8 Å². The van der Waals surface area contributed by atoms with E-state index in [-0.39, 0.29) is 5.91 Å². The average molecular weight is 410 g/mol. The summed E-state index contributed by atoms with van der Waals surface area (Å²) < 4.78 is 5.62. The Morgan fingerprint density at radius 1 is 1.14 bits per heavy atom. The Balaban J connectivity index is 1.24. The van der Waals surface area contributed by atoms with Gasteiger partial charge in [0, 0.05) is 45.1 Å². The quantitative estimate of drug-likeness (QED) is 0.580. The van der Waals surface area contributed by atoms with E-state index in [1.54, 1.807) is 12.4 Å². The van der Waals surface area contributed by atoms with Gasteiger partial charge in [0.05, 0.1) is 11.3 Å². The van der Waals surface area contributed by atoms with E-state index in [0.717, 1.165) is 38.3 Å². The molecule has 0 spiro atoms. The summed E-state index contributed by atoms with van der Waals surface area (Å²) in [6.07, 6.45) is 3.36. The van der Waals surface area contributed by atoms with Gasteiger partial charge in [-0.3, -0.25) is 14.7 Å². The highest BCUT2D eigenvalue weighted by Crippen LogP contribution is 2.23. The zero-order chi connectivity index (χ0) is 20.1. The van der Waals surface area contributed by atoms with Crippen molar-refractivity contribution in [1.82, 2.24) is 25.0 Å². The molecule has 4 rings (SSSR count). The fourth-order valence-corrected chi connectivity index (χ4v) is 3.98. The second-order valence-corrected chi connectivity index (χ2v) is 7.98. The minimum absolute atomic E-state index is 0.103. The first-order chi connectivity index (χ1) is 14.2. The molecule has 0 saturated carbocycles. The molecule has 29 heavy (non-hydrogen) atoms. The van der Waals surface area contributed by atoms with E-state index in [1.807, 2.05) is 17.0 Å². The summed E-state index contributed by atoms with van der Waals surface area (Å²) in [5, 5.41) is 8.44. The normalized spacial score (nSPS) is 14.9. The fourth-order valence-electron chi connectivity index (χ4n) is 3.31. The third kappa shape index (κ3) is 5.21. The molecule has 0 N–H and O–H groups in total. The lowest BCUT2D eigenvalue weighted by Crippen LogP contribution is -2.48. The van der Waals surface area contributed by atoms with Crippen molar-refractivity contribution >= 4 is 17.7 Å². The lowest BCUT2D eigenvalue weighted by Gasteiger charge is -2.34. The van der Waals surface area contributed by atoms with Crippen LogP contribution in [0.3, 0.4) is 0 Å². The number of benzene rings is 1. The van der Waals surface area contributed by atoms with Crippen molar-refractivity contribution in [3.63, 3.8) is 0 Å². The van der Waals surface area contributed by atoms with Crippen LogP contribution in [-0.2, 0) is 11.3 Å².